The van der Waals surface area contributed by atoms with Crippen LogP contribution in [0, 0.1) is 13.8 Å². The van der Waals surface area contributed by atoms with Gasteiger partial charge in [0.2, 0.25) is 17.8 Å². The summed E-state index contributed by atoms with van der Waals surface area (Å²) in [7, 11) is 0. The van der Waals surface area contributed by atoms with Gasteiger partial charge in [-0.15, -0.1) is 0 Å². The SMILES string of the molecule is Cc1cc(Cl)nc(N=C(N)Nc2ccc(Cl)c(Cl)c2)n1.Cc1cc(OC2CCCNC2)nc(N=C(N)Nc2ccc(Cl)c(Cl)c2)n1. The van der Waals surface area contributed by atoms with E-state index in [1.165, 1.54) is 0 Å². The number of piperidine rings is 1. The van der Waals surface area contributed by atoms with Crippen LogP contribution in [0.2, 0.25) is 25.2 Å². The van der Waals surface area contributed by atoms with Crippen molar-refractivity contribution < 1.29 is 4.74 Å². The number of nitrogens with two attached hydrogens (primary N) is 2. The third-order valence-electron chi connectivity index (χ3n) is 5.99. The first-order valence-corrected chi connectivity index (χ1v) is 15.7. The number of guanidine groups is 2. The molecule has 0 bridgehead atoms. The van der Waals surface area contributed by atoms with Gasteiger partial charge < -0.3 is 32.2 Å². The topological polar surface area (TPSA) is 174 Å². The van der Waals surface area contributed by atoms with Crippen LogP contribution in [0.1, 0.15) is 24.2 Å². The van der Waals surface area contributed by atoms with E-state index < -0.39 is 0 Å². The number of rotatable bonds is 6. The lowest BCUT2D eigenvalue weighted by molar-refractivity contribution is 0.160. The Hall–Kier alpha value is -3.65. The van der Waals surface area contributed by atoms with E-state index >= 15 is 0 Å². The number of anilines is 2. The molecule has 5 rings (SSSR count). The number of hydrogen-bond donors (Lipinski definition) is 5. The van der Waals surface area contributed by atoms with Gasteiger partial charge in [-0.25, -0.2) is 9.97 Å². The number of halogens is 5. The molecule has 1 saturated heterocycles. The molecule has 1 atom stereocenters. The quantitative estimate of drug-likeness (QED) is 0.0785. The summed E-state index contributed by atoms with van der Waals surface area (Å²) in [4.78, 5) is 24.9. The van der Waals surface area contributed by atoms with E-state index in [1.807, 2.05) is 6.92 Å². The van der Waals surface area contributed by atoms with Crippen molar-refractivity contribution in [3.05, 3.63) is 85.2 Å². The van der Waals surface area contributed by atoms with E-state index in [0.717, 1.165) is 31.6 Å². The van der Waals surface area contributed by atoms with E-state index in [9.17, 15) is 0 Å². The Morgan fingerprint density at radius 1 is 0.761 bits per heavy atom. The number of nitrogens with zero attached hydrogens (tertiary/aromatic N) is 6. The third-order valence-corrected chi connectivity index (χ3v) is 7.67. The molecule has 1 aliphatic rings. The first-order chi connectivity index (χ1) is 21.9. The maximum atomic E-state index is 5.99. The Morgan fingerprint density at radius 2 is 1.30 bits per heavy atom. The second kappa shape index (κ2) is 16.8. The van der Waals surface area contributed by atoms with E-state index in [1.54, 1.807) is 55.5 Å². The van der Waals surface area contributed by atoms with Gasteiger partial charge in [0, 0.05) is 35.4 Å². The van der Waals surface area contributed by atoms with Crippen molar-refractivity contribution in [2.24, 2.45) is 21.5 Å². The number of aliphatic imine (C=N–C) groups is 2. The molecule has 1 fully saturated rings. The molecule has 1 unspecified atom stereocenters. The summed E-state index contributed by atoms with van der Waals surface area (Å²) in [5.74, 6) is 1.16. The maximum Gasteiger partial charge on any atom is 0.256 e. The first kappa shape index (κ1) is 35.2. The average Bonchev–Trinajstić information content (AvgIpc) is 2.97. The number of ether oxygens (including phenoxy) is 1. The van der Waals surface area contributed by atoms with Gasteiger partial charge in [-0.05, 0) is 75.7 Å². The molecule has 4 aromatic rings. The fourth-order valence-corrected chi connectivity index (χ4v) is 4.84. The second-order valence-electron chi connectivity index (χ2n) is 9.87. The van der Waals surface area contributed by atoms with E-state index in [-0.39, 0.29) is 29.9 Å². The van der Waals surface area contributed by atoms with Gasteiger partial charge >= 0.3 is 0 Å². The molecule has 17 heteroatoms. The van der Waals surface area contributed by atoms with Crippen molar-refractivity contribution >= 4 is 93.2 Å². The Kier molecular flexibility index (Phi) is 12.8. The molecule has 0 saturated carbocycles. The molecule has 7 N–H and O–H groups in total. The molecule has 0 spiro atoms. The highest BCUT2D eigenvalue weighted by Gasteiger charge is 2.16. The highest BCUT2D eigenvalue weighted by molar-refractivity contribution is 6.42. The lowest BCUT2D eigenvalue weighted by Gasteiger charge is -2.23. The standard InChI is InChI=1S/C17H20Cl2N6O.C12H10Cl3N5/c1-10-7-15(26-12-3-2-6-21-9-12)24-17(22-10)25-16(20)23-11-4-5-13(18)14(19)8-11;1-6-4-10(15)19-12(17-6)20-11(16)18-7-2-3-8(13)9(14)5-7/h4-5,7-8,12,21H,2-3,6,9H2,1H3,(H3,20,22,23,24,25);2-5H,1H3,(H3,16,17,18,19,20). The number of nitrogens with one attached hydrogen (secondary N) is 3. The zero-order valence-electron chi connectivity index (χ0n) is 24.7. The van der Waals surface area contributed by atoms with Crippen LogP contribution in [0.25, 0.3) is 0 Å². The molecular formula is C29H30Cl5N11O. The summed E-state index contributed by atoms with van der Waals surface area (Å²) < 4.78 is 5.93. The summed E-state index contributed by atoms with van der Waals surface area (Å²) in [6.07, 6.45) is 2.18. The molecule has 2 aromatic carbocycles. The van der Waals surface area contributed by atoms with Crippen molar-refractivity contribution in [3.8, 4) is 5.88 Å². The molecule has 0 radical (unpaired) electrons. The van der Waals surface area contributed by atoms with E-state index in [4.69, 9.17) is 74.2 Å². The Morgan fingerprint density at radius 3 is 1.80 bits per heavy atom. The highest BCUT2D eigenvalue weighted by Crippen LogP contribution is 2.26. The molecule has 0 aliphatic carbocycles. The third kappa shape index (κ3) is 11.3. The average molecular weight is 726 g/mol. The number of hydrogen-bond acceptors (Lipinski definition) is 8. The zero-order valence-corrected chi connectivity index (χ0v) is 28.4. The minimum absolute atomic E-state index is 0.0987. The van der Waals surface area contributed by atoms with Crippen LogP contribution in [-0.2, 0) is 0 Å². The summed E-state index contributed by atoms with van der Waals surface area (Å²) in [5.41, 5.74) is 14.5. The Bertz CT molecular complexity index is 1710. The van der Waals surface area contributed by atoms with Crippen LogP contribution in [0.15, 0.2) is 58.5 Å². The van der Waals surface area contributed by atoms with E-state index in [0.29, 0.717) is 48.2 Å². The maximum absolute atomic E-state index is 5.99. The fraction of sp³-hybridized carbons (Fsp3) is 0.241. The molecule has 2 aromatic heterocycles. The summed E-state index contributed by atoms with van der Waals surface area (Å²) in [6.45, 7) is 5.47. The summed E-state index contributed by atoms with van der Waals surface area (Å²) in [6, 6.07) is 13.5. The molecule has 0 amide bonds. The lowest BCUT2D eigenvalue weighted by Crippen LogP contribution is -2.37. The predicted molar refractivity (Wildman–Crippen MR) is 188 cm³/mol. The smallest absolute Gasteiger partial charge is 0.256 e. The highest BCUT2D eigenvalue weighted by atomic mass is 35.5. The van der Waals surface area contributed by atoms with Gasteiger partial charge in [0.15, 0.2) is 0 Å². The van der Waals surface area contributed by atoms with Crippen molar-refractivity contribution in [3.63, 3.8) is 0 Å². The predicted octanol–water partition coefficient (Wildman–Crippen LogP) is 7.08. The minimum Gasteiger partial charge on any atom is -0.473 e. The van der Waals surface area contributed by atoms with Crippen LogP contribution in [0.5, 0.6) is 5.88 Å². The molecular weight excluding hydrogens is 696 g/mol. The molecule has 46 heavy (non-hydrogen) atoms. The minimum atomic E-state index is 0.0987. The van der Waals surface area contributed by atoms with Gasteiger partial charge in [-0.1, -0.05) is 58.0 Å². The van der Waals surface area contributed by atoms with Crippen molar-refractivity contribution in [1.29, 1.82) is 0 Å². The Labute approximate surface area is 291 Å². The monoisotopic (exact) mass is 723 g/mol. The van der Waals surface area contributed by atoms with Gasteiger partial charge in [0.25, 0.3) is 11.9 Å². The number of aryl methyl sites for hydroxylation is 2. The van der Waals surface area contributed by atoms with Crippen LogP contribution in [0.4, 0.5) is 23.3 Å². The molecule has 3 heterocycles. The molecule has 1 aliphatic heterocycles. The largest absolute Gasteiger partial charge is 0.473 e. The summed E-state index contributed by atoms with van der Waals surface area (Å²) >= 11 is 29.4. The van der Waals surface area contributed by atoms with Crippen LogP contribution in [-0.4, -0.2) is 51.0 Å². The fourth-order valence-electron chi connectivity index (χ4n) is 4.01. The lowest BCUT2D eigenvalue weighted by atomic mass is 10.1. The van der Waals surface area contributed by atoms with Crippen molar-refractivity contribution in [1.82, 2.24) is 25.3 Å². The van der Waals surface area contributed by atoms with Gasteiger partial charge in [0.1, 0.15) is 11.3 Å². The normalized spacial score (nSPS) is 15.1. The Balaban J connectivity index is 0.000000216. The zero-order chi connectivity index (χ0) is 33.2. The van der Waals surface area contributed by atoms with Gasteiger partial charge in [-0.3, -0.25) is 0 Å². The number of benzene rings is 2. The van der Waals surface area contributed by atoms with Crippen LogP contribution in [0.3, 0.4) is 0 Å². The molecule has 242 valence electrons. The van der Waals surface area contributed by atoms with Crippen LogP contribution < -0.4 is 32.2 Å². The molecule has 12 nitrogen and oxygen atoms in total. The van der Waals surface area contributed by atoms with Crippen molar-refractivity contribution in [2.45, 2.75) is 32.8 Å². The van der Waals surface area contributed by atoms with Gasteiger partial charge in [-0.2, -0.15) is 20.0 Å². The number of aromatic nitrogens is 4. The summed E-state index contributed by atoms with van der Waals surface area (Å²) in [5, 5.41) is 11.2. The van der Waals surface area contributed by atoms with Crippen molar-refractivity contribution in [2.75, 3.05) is 23.7 Å². The van der Waals surface area contributed by atoms with Crippen LogP contribution >= 0.6 is 58.0 Å². The first-order valence-electron chi connectivity index (χ1n) is 13.8. The van der Waals surface area contributed by atoms with Gasteiger partial charge in [0.05, 0.1) is 20.1 Å². The van der Waals surface area contributed by atoms with E-state index in [2.05, 4.69) is 45.9 Å². The second-order valence-corrected chi connectivity index (χ2v) is 11.9.